The van der Waals surface area contributed by atoms with E-state index in [0.717, 1.165) is 65.6 Å². The zero-order valence-corrected chi connectivity index (χ0v) is 21.3. The molecule has 3 heterocycles. The summed E-state index contributed by atoms with van der Waals surface area (Å²) in [6.45, 7) is 14.7. The number of H-pyrrole nitrogens is 1. The number of pyridine rings is 1. The van der Waals surface area contributed by atoms with Crippen LogP contribution in [0.5, 0.6) is 0 Å². The molecule has 0 bridgehead atoms. The molecule has 1 aliphatic rings. The van der Waals surface area contributed by atoms with Crippen LogP contribution >= 0.6 is 0 Å². The largest absolute Gasteiger partial charge is 0.340 e. The topological polar surface area (TPSA) is 41.0 Å². The Hall–Kier alpha value is -2.66. The quantitative estimate of drug-likeness (QED) is 0.362. The summed E-state index contributed by atoms with van der Waals surface area (Å²) < 4.78 is 18.6. The molecule has 1 N–H and O–H groups in total. The maximum atomic E-state index is 16.6. The summed E-state index contributed by atoms with van der Waals surface area (Å²) in [4.78, 5) is 19.8. The maximum Gasteiger partial charge on any atom is 0.199 e. The Balaban J connectivity index is 1.83. The molecule has 4 nitrogen and oxygen atoms in total. The summed E-state index contributed by atoms with van der Waals surface area (Å²) in [5, 5.41) is 2.07. The zero-order valence-electron chi connectivity index (χ0n) is 21.3. The fraction of sp³-hybridized carbons (Fsp3) is 0.483. The fourth-order valence-corrected chi connectivity index (χ4v) is 6.02. The highest BCUT2D eigenvalue weighted by atomic mass is 19.1. The van der Waals surface area contributed by atoms with Gasteiger partial charge in [-0.3, -0.25) is 4.79 Å². The molecule has 1 fully saturated rings. The van der Waals surface area contributed by atoms with Crippen molar-refractivity contribution in [2.45, 2.75) is 78.8 Å². The van der Waals surface area contributed by atoms with Gasteiger partial charge in [-0.2, -0.15) is 0 Å². The van der Waals surface area contributed by atoms with Gasteiger partial charge in [0.1, 0.15) is 5.65 Å². The standard InChI is InChI=1S/C29H36FN3O/c1-7-19-15-22-27(26(30)24(19)20-10-12-32(13-11-20)16(2)3)33(17(4)5)29-25(28(22)34)21-9-8-18(6)14-23(21)31-29/h8-9,14-17,20,31H,7,10-13H2,1-6H3. The van der Waals surface area contributed by atoms with E-state index in [1.54, 1.807) is 0 Å². The van der Waals surface area contributed by atoms with Crippen molar-refractivity contribution in [2.75, 3.05) is 13.1 Å². The van der Waals surface area contributed by atoms with Crippen molar-refractivity contribution in [1.82, 2.24) is 14.5 Å². The number of piperidine rings is 1. The highest BCUT2D eigenvalue weighted by Gasteiger charge is 2.29. The number of fused-ring (bicyclic) bond motifs is 4. The van der Waals surface area contributed by atoms with Crippen molar-refractivity contribution in [3.63, 3.8) is 0 Å². The predicted octanol–water partition coefficient (Wildman–Crippen LogP) is 6.81. The van der Waals surface area contributed by atoms with Gasteiger partial charge in [-0.1, -0.05) is 19.1 Å². The van der Waals surface area contributed by atoms with Crippen LogP contribution in [0.3, 0.4) is 0 Å². The molecule has 0 aliphatic carbocycles. The number of aryl methyl sites for hydroxylation is 2. The molecule has 4 aromatic rings. The summed E-state index contributed by atoms with van der Waals surface area (Å²) in [5.41, 5.74) is 4.96. The molecule has 0 atom stereocenters. The van der Waals surface area contributed by atoms with E-state index in [1.807, 2.05) is 29.7 Å². The van der Waals surface area contributed by atoms with Crippen LogP contribution in [0.25, 0.3) is 32.8 Å². The number of aromatic amines is 1. The molecule has 5 heteroatoms. The van der Waals surface area contributed by atoms with E-state index in [-0.39, 0.29) is 23.2 Å². The lowest BCUT2D eigenvalue weighted by Crippen LogP contribution is -2.38. The van der Waals surface area contributed by atoms with Crippen LogP contribution in [-0.4, -0.2) is 33.6 Å². The molecule has 180 valence electrons. The van der Waals surface area contributed by atoms with E-state index in [1.165, 1.54) is 0 Å². The van der Waals surface area contributed by atoms with Crippen LogP contribution in [0.2, 0.25) is 0 Å². The van der Waals surface area contributed by atoms with Crippen molar-refractivity contribution >= 4 is 32.8 Å². The number of hydrogen-bond acceptors (Lipinski definition) is 2. The first-order valence-electron chi connectivity index (χ1n) is 12.8. The minimum absolute atomic E-state index is 0.00243. The smallest absolute Gasteiger partial charge is 0.199 e. The van der Waals surface area contributed by atoms with Gasteiger partial charge in [0, 0.05) is 28.4 Å². The second-order valence-corrected chi connectivity index (χ2v) is 10.6. The van der Waals surface area contributed by atoms with E-state index < -0.39 is 0 Å². The van der Waals surface area contributed by atoms with Gasteiger partial charge in [0.25, 0.3) is 0 Å². The highest BCUT2D eigenvalue weighted by Crippen LogP contribution is 2.38. The van der Waals surface area contributed by atoms with Crippen LogP contribution < -0.4 is 5.43 Å². The van der Waals surface area contributed by atoms with Gasteiger partial charge in [-0.15, -0.1) is 0 Å². The van der Waals surface area contributed by atoms with Gasteiger partial charge in [-0.25, -0.2) is 4.39 Å². The third-order valence-electron chi connectivity index (χ3n) is 7.82. The second kappa shape index (κ2) is 8.53. The molecule has 0 unspecified atom stereocenters. The van der Waals surface area contributed by atoms with Gasteiger partial charge in [0.15, 0.2) is 11.2 Å². The summed E-state index contributed by atoms with van der Waals surface area (Å²) in [5.74, 6) is -0.00833. The van der Waals surface area contributed by atoms with Crippen LogP contribution in [0.15, 0.2) is 29.1 Å². The van der Waals surface area contributed by atoms with Crippen molar-refractivity contribution in [1.29, 1.82) is 0 Å². The number of benzene rings is 2. The molecule has 1 aliphatic heterocycles. The van der Waals surface area contributed by atoms with Gasteiger partial charge < -0.3 is 14.5 Å². The van der Waals surface area contributed by atoms with E-state index in [4.69, 9.17) is 0 Å². The molecule has 0 saturated carbocycles. The van der Waals surface area contributed by atoms with Crippen LogP contribution in [0, 0.1) is 12.7 Å². The Kier molecular flexibility index (Phi) is 5.79. The number of rotatable bonds is 4. The second-order valence-electron chi connectivity index (χ2n) is 10.6. The zero-order chi connectivity index (χ0) is 24.3. The molecule has 0 spiro atoms. The van der Waals surface area contributed by atoms with Gasteiger partial charge in [-0.05, 0) is 102 Å². The minimum atomic E-state index is -0.195. The van der Waals surface area contributed by atoms with Gasteiger partial charge >= 0.3 is 0 Å². The lowest BCUT2D eigenvalue weighted by Gasteiger charge is -2.35. The lowest BCUT2D eigenvalue weighted by molar-refractivity contribution is 0.170. The fourth-order valence-electron chi connectivity index (χ4n) is 6.02. The first-order valence-corrected chi connectivity index (χ1v) is 12.8. The SMILES string of the molecule is CCc1cc2c(=O)c3c4ccc(C)cc4[nH]c3n(C(C)C)c2c(F)c1C1CCN(C(C)C)CC1. The Morgan fingerprint density at radius 3 is 2.38 bits per heavy atom. The van der Waals surface area contributed by atoms with E-state index >= 15 is 4.39 Å². The first kappa shape index (κ1) is 23.1. The average Bonchev–Trinajstić information content (AvgIpc) is 3.17. The van der Waals surface area contributed by atoms with Gasteiger partial charge in [0.05, 0.1) is 10.9 Å². The predicted molar refractivity (Wildman–Crippen MR) is 141 cm³/mol. The molecule has 2 aromatic heterocycles. The van der Waals surface area contributed by atoms with E-state index in [9.17, 15) is 4.79 Å². The van der Waals surface area contributed by atoms with Crippen molar-refractivity contribution in [2.24, 2.45) is 0 Å². The Bertz CT molecular complexity index is 1450. The molecule has 0 radical (unpaired) electrons. The Morgan fingerprint density at radius 1 is 1.06 bits per heavy atom. The molecular formula is C29H36FN3O. The van der Waals surface area contributed by atoms with Crippen molar-refractivity contribution in [3.05, 3.63) is 57.0 Å². The number of hydrogen-bond donors (Lipinski definition) is 1. The maximum absolute atomic E-state index is 16.6. The van der Waals surface area contributed by atoms with Crippen LogP contribution in [0.4, 0.5) is 4.39 Å². The lowest BCUT2D eigenvalue weighted by atomic mass is 9.84. The van der Waals surface area contributed by atoms with Crippen molar-refractivity contribution < 1.29 is 4.39 Å². The summed E-state index contributed by atoms with van der Waals surface area (Å²) >= 11 is 0. The molecule has 2 aromatic carbocycles. The average molecular weight is 462 g/mol. The van der Waals surface area contributed by atoms with Crippen LogP contribution in [0.1, 0.15) is 76.1 Å². The van der Waals surface area contributed by atoms with E-state index in [0.29, 0.717) is 22.3 Å². The molecule has 34 heavy (non-hydrogen) atoms. The molecule has 1 saturated heterocycles. The first-order chi connectivity index (χ1) is 16.2. The Labute approximate surface area is 200 Å². The monoisotopic (exact) mass is 461 g/mol. The number of nitrogens with one attached hydrogen (secondary N) is 1. The molecular weight excluding hydrogens is 425 g/mol. The summed E-state index contributed by atoms with van der Waals surface area (Å²) in [6, 6.07) is 8.61. The van der Waals surface area contributed by atoms with Gasteiger partial charge in [0.2, 0.25) is 0 Å². The third kappa shape index (κ3) is 3.48. The number of nitrogens with zero attached hydrogens (tertiary/aromatic N) is 2. The highest BCUT2D eigenvalue weighted by molar-refractivity contribution is 6.10. The summed E-state index contributed by atoms with van der Waals surface area (Å²) in [7, 11) is 0. The normalized spacial score (nSPS) is 16.1. The summed E-state index contributed by atoms with van der Waals surface area (Å²) in [6.07, 6.45) is 2.62. The van der Waals surface area contributed by atoms with Crippen molar-refractivity contribution in [3.8, 4) is 0 Å². The van der Waals surface area contributed by atoms with Crippen LogP contribution in [-0.2, 0) is 6.42 Å². The third-order valence-corrected chi connectivity index (χ3v) is 7.82. The minimum Gasteiger partial charge on any atom is -0.340 e. The molecule has 5 rings (SSSR count). The molecule has 0 amide bonds. The van der Waals surface area contributed by atoms with E-state index in [2.05, 4.69) is 50.6 Å². The number of halogens is 1. The number of likely N-dealkylation sites (tertiary alicyclic amines) is 1. The Morgan fingerprint density at radius 2 is 1.76 bits per heavy atom. The number of aromatic nitrogens is 2.